The lowest BCUT2D eigenvalue weighted by molar-refractivity contribution is -0.136. The number of carbonyl (C=O) groups is 2. The van der Waals surface area contributed by atoms with E-state index in [9.17, 15) is 14.7 Å². The summed E-state index contributed by atoms with van der Waals surface area (Å²) < 4.78 is 10.7. The molecule has 7 nitrogen and oxygen atoms in total. The van der Waals surface area contributed by atoms with E-state index in [0.29, 0.717) is 22.2 Å². The van der Waals surface area contributed by atoms with Crippen LogP contribution in [0.3, 0.4) is 0 Å². The van der Waals surface area contributed by atoms with Crippen LogP contribution in [0.25, 0.3) is 11.5 Å². The second kappa shape index (κ2) is 8.11. The highest BCUT2D eigenvalue weighted by molar-refractivity contribution is 6.39. The molecule has 0 radical (unpaired) electrons. The average molecular weight is 389 g/mol. The molecular formula is C19H17ClN2O5. The molecule has 27 heavy (non-hydrogen) atoms. The highest BCUT2D eigenvalue weighted by atomic mass is 35.5. The lowest BCUT2D eigenvalue weighted by atomic mass is 10.2. The highest BCUT2D eigenvalue weighted by Gasteiger charge is 2.19. The molecule has 8 heteroatoms. The van der Waals surface area contributed by atoms with Crippen LogP contribution in [0.15, 0.2) is 57.6 Å². The number of furan rings is 2. The normalized spacial score (nSPS) is 11.8. The van der Waals surface area contributed by atoms with Crippen molar-refractivity contribution in [2.24, 2.45) is 0 Å². The first kappa shape index (κ1) is 18.8. The monoisotopic (exact) mass is 388 g/mol. The lowest BCUT2D eigenvalue weighted by Gasteiger charge is -2.10. The third-order valence-corrected chi connectivity index (χ3v) is 4.22. The topological polar surface area (TPSA) is 105 Å². The van der Waals surface area contributed by atoms with Crippen LogP contribution in [0.5, 0.6) is 0 Å². The fourth-order valence-corrected chi connectivity index (χ4v) is 2.49. The Morgan fingerprint density at radius 1 is 1.15 bits per heavy atom. The Morgan fingerprint density at radius 2 is 1.96 bits per heavy atom. The molecular weight excluding hydrogens is 372 g/mol. The van der Waals surface area contributed by atoms with Gasteiger partial charge in [-0.2, -0.15) is 0 Å². The van der Waals surface area contributed by atoms with Gasteiger partial charge in [0.05, 0.1) is 12.8 Å². The summed E-state index contributed by atoms with van der Waals surface area (Å²) in [5, 5.41) is 15.4. The Morgan fingerprint density at radius 3 is 2.67 bits per heavy atom. The maximum atomic E-state index is 11.9. The maximum absolute atomic E-state index is 11.9. The van der Waals surface area contributed by atoms with E-state index in [-0.39, 0.29) is 12.3 Å². The zero-order valence-electron chi connectivity index (χ0n) is 14.4. The number of halogens is 1. The minimum absolute atomic E-state index is 0.188. The Balaban J connectivity index is 1.53. The van der Waals surface area contributed by atoms with Crippen molar-refractivity contribution in [1.29, 1.82) is 0 Å². The van der Waals surface area contributed by atoms with Crippen LogP contribution in [0.4, 0.5) is 5.69 Å². The van der Waals surface area contributed by atoms with Crippen molar-refractivity contribution >= 4 is 29.1 Å². The van der Waals surface area contributed by atoms with Gasteiger partial charge in [-0.05, 0) is 48.9 Å². The molecule has 0 spiro atoms. The van der Waals surface area contributed by atoms with Gasteiger partial charge >= 0.3 is 11.8 Å². The van der Waals surface area contributed by atoms with Crippen LogP contribution < -0.4 is 10.6 Å². The number of benzene rings is 1. The van der Waals surface area contributed by atoms with E-state index < -0.39 is 17.9 Å². The predicted molar refractivity (Wildman–Crippen MR) is 99.2 cm³/mol. The molecule has 1 aromatic carbocycles. The Hall–Kier alpha value is -3.03. The molecule has 0 aliphatic rings. The van der Waals surface area contributed by atoms with Crippen molar-refractivity contribution in [1.82, 2.24) is 5.32 Å². The fraction of sp³-hybridized carbons (Fsp3) is 0.158. The average Bonchev–Trinajstić information content (AvgIpc) is 3.33. The van der Waals surface area contributed by atoms with Gasteiger partial charge in [0.1, 0.15) is 11.9 Å². The van der Waals surface area contributed by atoms with Gasteiger partial charge in [-0.1, -0.05) is 17.7 Å². The number of hydrogen-bond donors (Lipinski definition) is 3. The standard InChI is InChI=1S/C19H17ClN2O5/c1-11-4-5-12(9-13(11)20)22-19(25)18(24)21-10-14(23)15-6-7-17(27-15)16-3-2-8-26-16/h2-9,14,23H,10H2,1H3,(H,21,24)(H,22,25). The number of carbonyl (C=O) groups excluding carboxylic acids is 2. The molecule has 140 valence electrons. The molecule has 0 aliphatic heterocycles. The molecule has 0 fully saturated rings. The Labute approximate surface area is 159 Å². The van der Waals surface area contributed by atoms with Crippen molar-refractivity contribution < 1.29 is 23.5 Å². The number of aliphatic hydroxyl groups is 1. The van der Waals surface area contributed by atoms with Crippen molar-refractivity contribution in [3.8, 4) is 11.5 Å². The van der Waals surface area contributed by atoms with Crippen LogP contribution in [-0.2, 0) is 9.59 Å². The molecule has 2 amide bonds. The summed E-state index contributed by atoms with van der Waals surface area (Å²) >= 11 is 5.98. The van der Waals surface area contributed by atoms with Gasteiger partial charge in [0.15, 0.2) is 11.5 Å². The molecule has 1 unspecified atom stereocenters. The summed E-state index contributed by atoms with van der Waals surface area (Å²) in [5.74, 6) is -0.531. The Bertz CT molecular complexity index is 949. The number of hydrogen-bond acceptors (Lipinski definition) is 5. The maximum Gasteiger partial charge on any atom is 0.313 e. The second-order valence-corrected chi connectivity index (χ2v) is 6.23. The van der Waals surface area contributed by atoms with Gasteiger partial charge in [0, 0.05) is 10.7 Å². The number of rotatable bonds is 5. The molecule has 2 aromatic heterocycles. The summed E-state index contributed by atoms with van der Waals surface area (Å²) in [6, 6.07) is 11.6. The van der Waals surface area contributed by atoms with Crippen molar-refractivity contribution in [2.75, 3.05) is 11.9 Å². The van der Waals surface area contributed by atoms with Gasteiger partial charge in [-0.3, -0.25) is 9.59 Å². The summed E-state index contributed by atoms with van der Waals surface area (Å²) in [5.41, 5.74) is 1.26. The third kappa shape index (κ3) is 4.58. The van der Waals surface area contributed by atoms with E-state index in [0.717, 1.165) is 5.56 Å². The van der Waals surface area contributed by atoms with E-state index in [1.54, 1.807) is 42.5 Å². The van der Waals surface area contributed by atoms with Crippen molar-refractivity contribution in [3.63, 3.8) is 0 Å². The van der Waals surface area contributed by atoms with Crippen LogP contribution in [0, 0.1) is 6.92 Å². The van der Waals surface area contributed by atoms with Crippen LogP contribution in [-0.4, -0.2) is 23.5 Å². The SMILES string of the molecule is Cc1ccc(NC(=O)C(=O)NCC(O)c2ccc(-c3ccco3)o2)cc1Cl. The summed E-state index contributed by atoms with van der Waals surface area (Å²) in [7, 11) is 0. The zero-order valence-corrected chi connectivity index (χ0v) is 15.1. The van der Waals surface area contributed by atoms with Gasteiger partial charge < -0.3 is 24.6 Å². The van der Waals surface area contributed by atoms with E-state index in [4.69, 9.17) is 20.4 Å². The first-order valence-electron chi connectivity index (χ1n) is 8.11. The minimum Gasteiger partial charge on any atom is -0.461 e. The number of aliphatic hydroxyl groups excluding tert-OH is 1. The second-order valence-electron chi connectivity index (χ2n) is 5.82. The van der Waals surface area contributed by atoms with Crippen LogP contribution in [0.2, 0.25) is 5.02 Å². The lowest BCUT2D eigenvalue weighted by Crippen LogP contribution is -2.37. The Kier molecular flexibility index (Phi) is 5.63. The van der Waals surface area contributed by atoms with Gasteiger partial charge in [0.25, 0.3) is 0 Å². The predicted octanol–water partition coefficient (Wildman–Crippen LogP) is 3.29. The van der Waals surface area contributed by atoms with Crippen LogP contribution >= 0.6 is 11.6 Å². The largest absolute Gasteiger partial charge is 0.461 e. The smallest absolute Gasteiger partial charge is 0.313 e. The highest BCUT2D eigenvalue weighted by Crippen LogP contribution is 2.25. The molecule has 0 aliphatic carbocycles. The molecule has 0 saturated carbocycles. The molecule has 3 N–H and O–H groups in total. The van der Waals surface area contributed by atoms with Gasteiger partial charge in [0.2, 0.25) is 0 Å². The molecule has 3 aromatic rings. The first-order valence-corrected chi connectivity index (χ1v) is 8.49. The minimum atomic E-state index is -1.11. The summed E-state index contributed by atoms with van der Waals surface area (Å²) in [6.45, 7) is 1.64. The van der Waals surface area contributed by atoms with Crippen molar-refractivity contribution in [2.45, 2.75) is 13.0 Å². The number of aryl methyl sites for hydroxylation is 1. The quantitative estimate of drug-likeness (QED) is 0.582. The third-order valence-electron chi connectivity index (χ3n) is 3.81. The van der Waals surface area contributed by atoms with E-state index in [1.807, 2.05) is 6.92 Å². The van der Waals surface area contributed by atoms with Crippen LogP contribution in [0.1, 0.15) is 17.4 Å². The summed E-state index contributed by atoms with van der Waals surface area (Å²) in [4.78, 5) is 23.8. The molecule has 2 heterocycles. The summed E-state index contributed by atoms with van der Waals surface area (Å²) in [6.07, 6.45) is 0.396. The van der Waals surface area contributed by atoms with E-state index in [2.05, 4.69) is 10.6 Å². The first-order chi connectivity index (χ1) is 12.9. The van der Waals surface area contributed by atoms with Gasteiger partial charge in [-0.15, -0.1) is 0 Å². The molecule has 0 saturated heterocycles. The number of amides is 2. The fourth-order valence-electron chi connectivity index (χ4n) is 2.31. The van der Waals surface area contributed by atoms with E-state index >= 15 is 0 Å². The number of anilines is 1. The molecule has 3 rings (SSSR count). The molecule has 1 atom stereocenters. The number of nitrogens with one attached hydrogen (secondary N) is 2. The van der Waals surface area contributed by atoms with Crippen molar-refractivity contribution in [3.05, 3.63) is 65.1 Å². The van der Waals surface area contributed by atoms with Gasteiger partial charge in [-0.25, -0.2) is 0 Å². The molecule has 0 bridgehead atoms. The van der Waals surface area contributed by atoms with E-state index in [1.165, 1.54) is 6.26 Å². The zero-order chi connectivity index (χ0) is 19.4.